The number of carbonyl (C=O) groups is 1. The lowest BCUT2D eigenvalue weighted by Gasteiger charge is -2.19. The van der Waals surface area contributed by atoms with Crippen LogP contribution in [0.3, 0.4) is 0 Å². The summed E-state index contributed by atoms with van der Waals surface area (Å²) in [6, 6.07) is 10.8. The maximum absolute atomic E-state index is 12.5. The fourth-order valence-electron chi connectivity index (χ4n) is 2.24. The normalized spacial score (nSPS) is 11.5. The van der Waals surface area contributed by atoms with Gasteiger partial charge in [-0.3, -0.25) is 9.78 Å². The summed E-state index contributed by atoms with van der Waals surface area (Å²) in [7, 11) is 0. The number of hydrogen-bond donors (Lipinski definition) is 0. The number of nitrogens with zero attached hydrogens (tertiary/aromatic N) is 4. The Bertz CT molecular complexity index is 657. The van der Waals surface area contributed by atoms with Crippen molar-refractivity contribution in [2.45, 2.75) is 19.8 Å². The molecule has 0 aliphatic carbocycles. The maximum atomic E-state index is 12.5. The number of ketones is 1. The van der Waals surface area contributed by atoms with Crippen LogP contribution in [-0.2, 0) is 0 Å². The first kappa shape index (κ1) is 15.6. The smallest absolute Gasteiger partial charge is 0.187 e. The first-order chi connectivity index (χ1) is 10.7. The number of rotatable bonds is 6. The Morgan fingerprint density at radius 2 is 2.00 bits per heavy atom. The predicted molar refractivity (Wildman–Crippen MR) is 84.7 cm³/mol. The lowest BCUT2D eigenvalue weighted by Crippen LogP contribution is -2.23. The van der Waals surface area contributed by atoms with Crippen LogP contribution in [0.5, 0.6) is 0 Å². The predicted octanol–water partition coefficient (Wildman–Crippen LogP) is 2.81. The zero-order valence-electron chi connectivity index (χ0n) is 12.7. The minimum atomic E-state index is -0.901. The summed E-state index contributed by atoms with van der Waals surface area (Å²) >= 11 is 0. The van der Waals surface area contributed by atoms with Crippen LogP contribution in [0.4, 0.5) is 5.82 Å². The molecule has 0 aliphatic heterocycles. The molecule has 0 saturated heterocycles. The van der Waals surface area contributed by atoms with E-state index in [1.165, 1.54) is 6.20 Å². The van der Waals surface area contributed by atoms with Crippen molar-refractivity contribution in [2.75, 3.05) is 18.0 Å². The molecule has 0 unspecified atom stereocenters. The molecule has 0 spiro atoms. The Morgan fingerprint density at radius 3 is 2.50 bits per heavy atom. The van der Waals surface area contributed by atoms with Crippen molar-refractivity contribution in [2.24, 2.45) is 0 Å². The summed E-state index contributed by atoms with van der Waals surface area (Å²) < 4.78 is 0. The second kappa shape index (κ2) is 7.32. The highest BCUT2D eigenvalue weighted by Crippen LogP contribution is 2.19. The van der Waals surface area contributed by atoms with Gasteiger partial charge in [0.15, 0.2) is 11.7 Å². The van der Waals surface area contributed by atoms with Gasteiger partial charge in [0, 0.05) is 31.0 Å². The van der Waals surface area contributed by atoms with Crippen LogP contribution < -0.4 is 4.90 Å². The molecule has 2 rings (SSSR count). The summed E-state index contributed by atoms with van der Waals surface area (Å²) in [5.74, 6) is -0.352. The molecule has 5 heteroatoms. The summed E-state index contributed by atoms with van der Waals surface area (Å²) in [4.78, 5) is 23.0. The highest BCUT2D eigenvalue weighted by atomic mass is 16.1. The summed E-state index contributed by atoms with van der Waals surface area (Å²) in [6.07, 6.45) is 3.11. The van der Waals surface area contributed by atoms with E-state index < -0.39 is 5.92 Å². The van der Waals surface area contributed by atoms with Gasteiger partial charge in [-0.15, -0.1) is 0 Å². The second-order valence-corrected chi connectivity index (χ2v) is 4.76. The average molecular weight is 294 g/mol. The topological polar surface area (TPSA) is 69.9 Å². The van der Waals surface area contributed by atoms with E-state index in [1.807, 2.05) is 12.1 Å². The molecule has 5 nitrogen and oxygen atoms in total. The van der Waals surface area contributed by atoms with Gasteiger partial charge in [0.25, 0.3) is 0 Å². The third-order valence-electron chi connectivity index (χ3n) is 3.49. The largest absolute Gasteiger partial charge is 0.357 e. The van der Waals surface area contributed by atoms with Crippen molar-refractivity contribution in [1.82, 2.24) is 9.97 Å². The van der Waals surface area contributed by atoms with E-state index in [-0.39, 0.29) is 5.78 Å². The molecule has 2 aromatic rings. The standard InChI is InChI=1S/C17H18N4O/c1-3-21(4-2)16-9-8-13(12-20-16)17(22)14(11-18)15-7-5-6-10-19-15/h5-10,12,14H,3-4H2,1-2H3/t14-/m0/s1. The van der Waals surface area contributed by atoms with E-state index in [0.717, 1.165) is 18.9 Å². The monoisotopic (exact) mass is 294 g/mol. The number of pyridine rings is 2. The molecule has 0 radical (unpaired) electrons. The van der Waals surface area contributed by atoms with Crippen molar-refractivity contribution >= 4 is 11.6 Å². The molecule has 0 aromatic carbocycles. The second-order valence-electron chi connectivity index (χ2n) is 4.76. The Kier molecular flexibility index (Phi) is 5.21. The molecule has 0 N–H and O–H groups in total. The van der Waals surface area contributed by atoms with E-state index in [1.54, 1.807) is 30.5 Å². The van der Waals surface area contributed by atoms with Gasteiger partial charge in [0.1, 0.15) is 5.82 Å². The number of Topliss-reactive ketones (excluding diaryl/α,β-unsaturated/α-hetero) is 1. The molecular weight excluding hydrogens is 276 g/mol. The van der Waals surface area contributed by atoms with Crippen molar-refractivity contribution in [3.63, 3.8) is 0 Å². The lowest BCUT2D eigenvalue weighted by atomic mass is 9.96. The first-order valence-electron chi connectivity index (χ1n) is 7.27. The molecule has 112 valence electrons. The fraction of sp³-hybridized carbons (Fsp3) is 0.294. The van der Waals surface area contributed by atoms with Crippen LogP contribution in [-0.4, -0.2) is 28.8 Å². The Morgan fingerprint density at radius 1 is 1.23 bits per heavy atom. The lowest BCUT2D eigenvalue weighted by molar-refractivity contribution is 0.0977. The summed E-state index contributed by atoms with van der Waals surface area (Å²) in [5.41, 5.74) is 0.885. The molecule has 0 saturated carbocycles. The molecule has 0 fully saturated rings. The number of anilines is 1. The number of nitriles is 1. The van der Waals surface area contributed by atoms with E-state index >= 15 is 0 Å². The highest BCUT2D eigenvalue weighted by molar-refractivity contribution is 6.02. The van der Waals surface area contributed by atoms with Crippen LogP contribution in [0.25, 0.3) is 0 Å². The third-order valence-corrected chi connectivity index (χ3v) is 3.49. The van der Waals surface area contributed by atoms with Gasteiger partial charge in [-0.05, 0) is 38.1 Å². The van der Waals surface area contributed by atoms with Crippen LogP contribution in [0.1, 0.15) is 35.8 Å². The molecule has 0 aliphatic rings. The van der Waals surface area contributed by atoms with E-state index in [0.29, 0.717) is 11.3 Å². The van der Waals surface area contributed by atoms with Gasteiger partial charge < -0.3 is 4.90 Å². The average Bonchev–Trinajstić information content (AvgIpc) is 2.58. The Labute approximate surface area is 130 Å². The zero-order chi connectivity index (χ0) is 15.9. The SMILES string of the molecule is CCN(CC)c1ccc(C(=O)[C@@H](C#N)c2ccccn2)cn1. The number of aromatic nitrogens is 2. The van der Waals surface area contributed by atoms with Gasteiger partial charge in [-0.1, -0.05) is 6.07 Å². The van der Waals surface area contributed by atoms with Gasteiger partial charge in [0.2, 0.25) is 0 Å². The molecule has 0 bridgehead atoms. The first-order valence-corrected chi connectivity index (χ1v) is 7.27. The molecular formula is C17H18N4O. The minimum Gasteiger partial charge on any atom is -0.357 e. The molecule has 22 heavy (non-hydrogen) atoms. The van der Waals surface area contributed by atoms with Crippen LogP contribution in [0.15, 0.2) is 42.7 Å². The molecule has 2 aromatic heterocycles. The number of hydrogen-bond acceptors (Lipinski definition) is 5. The van der Waals surface area contributed by atoms with E-state index in [9.17, 15) is 10.1 Å². The van der Waals surface area contributed by atoms with Gasteiger partial charge in [0.05, 0.1) is 11.8 Å². The fourth-order valence-corrected chi connectivity index (χ4v) is 2.24. The molecule has 2 heterocycles. The van der Waals surface area contributed by atoms with Crippen molar-refractivity contribution < 1.29 is 4.79 Å². The molecule has 1 atom stereocenters. The van der Waals surface area contributed by atoms with Crippen molar-refractivity contribution in [1.29, 1.82) is 5.26 Å². The van der Waals surface area contributed by atoms with Crippen molar-refractivity contribution in [3.05, 3.63) is 54.0 Å². The number of carbonyl (C=O) groups excluding carboxylic acids is 1. The van der Waals surface area contributed by atoms with Gasteiger partial charge in [-0.2, -0.15) is 5.26 Å². The Hall–Kier alpha value is -2.74. The summed E-state index contributed by atoms with van der Waals surface area (Å²) in [5, 5.41) is 9.29. The van der Waals surface area contributed by atoms with Crippen molar-refractivity contribution in [3.8, 4) is 6.07 Å². The summed E-state index contributed by atoms with van der Waals surface area (Å²) in [6.45, 7) is 5.81. The Balaban J connectivity index is 2.24. The van der Waals surface area contributed by atoms with E-state index in [4.69, 9.17) is 0 Å². The quantitative estimate of drug-likeness (QED) is 0.766. The third kappa shape index (κ3) is 3.29. The maximum Gasteiger partial charge on any atom is 0.187 e. The van der Waals surface area contributed by atoms with Crippen LogP contribution in [0.2, 0.25) is 0 Å². The van der Waals surface area contributed by atoms with Gasteiger partial charge >= 0.3 is 0 Å². The minimum absolute atomic E-state index is 0.278. The zero-order valence-corrected chi connectivity index (χ0v) is 12.7. The van der Waals surface area contributed by atoms with E-state index in [2.05, 4.69) is 28.7 Å². The van der Waals surface area contributed by atoms with Crippen LogP contribution in [0, 0.1) is 11.3 Å². The van der Waals surface area contributed by atoms with Gasteiger partial charge in [-0.25, -0.2) is 4.98 Å². The highest BCUT2D eigenvalue weighted by Gasteiger charge is 2.23. The van der Waals surface area contributed by atoms with Crippen LogP contribution >= 0.6 is 0 Å². The molecule has 0 amide bonds.